The molecule has 1 aliphatic rings. The minimum atomic E-state index is 0.126. The normalized spacial score (nSPS) is 19.8. The fourth-order valence-electron chi connectivity index (χ4n) is 3.30. The van der Waals surface area contributed by atoms with Crippen LogP contribution in [0.5, 0.6) is 11.5 Å². The Labute approximate surface area is 151 Å². The molecule has 0 amide bonds. The Bertz CT molecular complexity index is 589. The molecule has 1 aliphatic heterocycles. The molecule has 0 spiro atoms. The van der Waals surface area contributed by atoms with Crippen LogP contribution in [-0.4, -0.2) is 63.7 Å². The quantitative estimate of drug-likeness (QED) is 0.631. The van der Waals surface area contributed by atoms with Gasteiger partial charge in [0.2, 0.25) is 0 Å². The molecule has 1 aromatic carbocycles. The van der Waals surface area contributed by atoms with Gasteiger partial charge >= 0.3 is 0 Å². The topological polar surface area (TPSA) is 63.3 Å². The number of guanidine groups is 1. The number of methoxy groups -OCH3 is 2. The van der Waals surface area contributed by atoms with Crippen LogP contribution in [-0.2, 0) is 0 Å². The summed E-state index contributed by atoms with van der Waals surface area (Å²) >= 11 is 0. The SMILES string of the molecule is COc1ccc(C(CN=C(N)N2CCCC(C)C2)N(C)C)cc1OC. The van der Waals surface area contributed by atoms with E-state index in [1.165, 1.54) is 12.8 Å². The number of benzene rings is 1. The Morgan fingerprint density at radius 2 is 2.04 bits per heavy atom. The van der Waals surface area contributed by atoms with Gasteiger partial charge in [-0.25, -0.2) is 0 Å². The summed E-state index contributed by atoms with van der Waals surface area (Å²) < 4.78 is 10.8. The molecule has 140 valence electrons. The number of hydrogen-bond donors (Lipinski definition) is 1. The molecule has 2 unspecified atom stereocenters. The highest BCUT2D eigenvalue weighted by Crippen LogP contribution is 2.31. The molecule has 2 N–H and O–H groups in total. The lowest BCUT2D eigenvalue weighted by Gasteiger charge is -2.32. The van der Waals surface area contributed by atoms with Gasteiger partial charge in [0, 0.05) is 13.1 Å². The van der Waals surface area contributed by atoms with E-state index in [4.69, 9.17) is 15.2 Å². The van der Waals surface area contributed by atoms with Crippen molar-refractivity contribution in [2.45, 2.75) is 25.8 Å². The molecule has 0 saturated carbocycles. The first-order valence-corrected chi connectivity index (χ1v) is 8.89. The van der Waals surface area contributed by atoms with Crippen LogP contribution >= 0.6 is 0 Å². The Morgan fingerprint density at radius 1 is 1.32 bits per heavy atom. The standard InChI is InChI=1S/C19H32N4O2/c1-14-7-6-10-23(13-14)19(20)21-12-16(22(2)3)15-8-9-17(24-4)18(11-15)25-5/h8-9,11,14,16H,6-7,10,12-13H2,1-5H3,(H2,20,21). The first-order chi connectivity index (χ1) is 12.0. The van der Waals surface area contributed by atoms with E-state index in [0.29, 0.717) is 18.4 Å². The Kier molecular flexibility index (Phi) is 6.93. The minimum absolute atomic E-state index is 0.126. The van der Waals surface area contributed by atoms with Crippen molar-refractivity contribution >= 4 is 5.96 Å². The molecule has 0 bridgehead atoms. The zero-order valence-corrected chi connectivity index (χ0v) is 16.2. The van der Waals surface area contributed by atoms with Gasteiger partial charge in [0.1, 0.15) is 0 Å². The molecule has 25 heavy (non-hydrogen) atoms. The van der Waals surface area contributed by atoms with Gasteiger partial charge in [0.05, 0.1) is 26.8 Å². The van der Waals surface area contributed by atoms with Gasteiger partial charge in [-0.3, -0.25) is 4.99 Å². The third-order valence-corrected chi connectivity index (χ3v) is 4.82. The van der Waals surface area contributed by atoms with E-state index in [2.05, 4.69) is 41.9 Å². The summed E-state index contributed by atoms with van der Waals surface area (Å²) in [7, 11) is 7.40. The van der Waals surface area contributed by atoms with Crippen molar-refractivity contribution in [3.05, 3.63) is 23.8 Å². The zero-order valence-electron chi connectivity index (χ0n) is 16.2. The van der Waals surface area contributed by atoms with Gasteiger partial charge in [-0.1, -0.05) is 13.0 Å². The monoisotopic (exact) mass is 348 g/mol. The number of hydrogen-bond acceptors (Lipinski definition) is 4. The molecule has 0 radical (unpaired) electrons. The average Bonchev–Trinajstić information content (AvgIpc) is 2.61. The maximum atomic E-state index is 6.25. The van der Waals surface area contributed by atoms with Crippen molar-refractivity contribution in [1.29, 1.82) is 0 Å². The maximum Gasteiger partial charge on any atom is 0.191 e. The Hall–Kier alpha value is -1.95. The van der Waals surface area contributed by atoms with Crippen LogP contribution in [0.1, 0.15) is 31.4 Å². The molecule has 0 aliphatic carbocycles. The predicted octanol–water partition coefficient (Wildman–Crippen LogP) is 2.35. The smallest absolute Gasteiger partial charge is 0.191 e. The fraction of sp³-hybridized carbons (Fsp3) is 0.632. The molecule has 1 aromatic rings. The van der Waals surface area contributed by atoms with Crippen LogP contribution in [0.4, 0.5) is 0 Å². The number of aliphatic imine (C=N–C) groups is 1. The number of piperidine rings is 1. The lowest BCUT2D eigenvalue weighted by molar-refractivity contribution is 0.267. The maximum absolute atomic E-state index is 6.25. The van der Waals surface area contributed by atoms with E-state index in [9.17, 15) is 0 Å². The summed E-state index contributed by atoms with van der Waals surface area (Å²) in [5.41, 5.74) is 7.38. The number of nitrogens with zero attached hydrogens (tertiary/aromatic N) is 3. The summed E-state index contributed by atoms with van der Waals surface area (Å²) in [5, 5.41) is 0. The summed E-state index contributed by atoms with van der Waals surface area (Å²) in [6, 6.07) is 6.13. The number of nitrogens with two attached hydrogens (primary N) is 1. The molecule has 1 saturated heterocycles. The van der Waals surface area contributed by atoms with Gasteiger partial charge in [0.25, 0.3) is 0 Å². The zero-order chi connectivity index (χ0) is 18.4. The molecule has 1 fully saturated rings. The molecule has 2 rings (SSSR count). The van der Waals surface area contributed by atoms with Gasteiger partial charge in [-0.05, 0) is 50.6 Å². The molecule has 0 aromatic heterocycles. The number of ether oxygens (including phenoxy) is 2. The number of likely N-dealkylation sites (N-methyl/N-ethyl adjacent to an activating group) is 1. The van der Waals surface area contributed by atoms with Gasteiger partial charge in [-0.2, -0.15) is 0 Å². The highest BCUT2D eigenvalue weighted by atomic mass is 16.5. The summed E-state index contributed by atoms with van der Waals surface area (Å²) in [4.78, 5) is 9.04. The molecule has 6 heteroatoms. The van der Waals surface area contributed by atoms with Gasteiger partial charge < -0.3 is 25.0 Å². The largest absolute Gasteiger partial charge is 0.493 e. The van der Waals surface area contributed by atoms with Crippen molar-refractivity contribution in [1.82, 2.24) is 9.80 Å². The van der Waals surface area contributed by atoms with E-state index in [-0.39, 0.29) is 6.04 Å². The average molecular weight is 348 g/mol. The van der Waals surface area contributed by atoms with Crippen LogP contribution in [0.2, 0.25) is 0 Å². The van der Waals surface area contributed by atoms with Crippen molar-refractivity contribution in [3.8, 4) is 11.5 Å². The second kappa shape index (κ2) is 8.94. The van der Waals surface area contributed by atoms with Gasteiger partial charge in [0.15, 0.2) is 17.5 Å². The molecular weight excluding hydrogens is 316 g/mol. The molecule has 1 heterocycles. The minimum Gasteiger partial charge on any atom is -0.493 e. The first-order valence-electron chi connectivity index (χ1n) is 8.89. The van der Waals surface area contributed by atoms with Crippen LogP contribution in [0.25, 0.3) is 0 Å². The van der Waals surface area contributed by atoms with Crippen molar-refractivity contribution in [2.24, 2.45) is 16.6 Å². The predicted molar refractivity (Wildman–Crippen MR) is 102 cm³/mol. The van der Waals surface area contributed by atoms with Crippen LogP contribution in [0.3, 0.4) is 0 Å². The van der Waals surface area contributed by atoms with E-state index in [1.54, 1.807) is 14.2 Å². The molecule has 2 atom stereocenters. The lowest BCUT2D eigenvalue weighted by Crippen LogP contribution is -2.43. The van der Waals surface area contributed by atoms with Crippen LogP contribution in [0, 0.1) is 5.92 Å². The van der Waals surface area contributed by atoms with Crippen molar-refractivity contribution in [3.63, 3.8) is 0 Å². The second-order valence-corrected chi connectivity index (χ2v) is 6.99. The summed E-state index contributed by atoms with van der Waals surface area (Å²) in [5.74, 6) is 2.79. The third kappa shape index (κ3) is 5.01. The highest BCUT2D eigenvalue weighted by molar-refractivity contribution is 5.78. The summed E-state index contributed by atoms with van der Waals surface area (Å²) in [6.07, 6.45) is 2.46. The van der Waals surface area contributed by atoms with Crippen LogP contribution in [0.15, 0.2) is 23.2 Å². The van der Waals surface area contributed by atoms with Crippen molar-refractivity contribution in [2.75, 3.05) is 47.9 Å². The fourth-order valence-corrected chi connectivity index (χ4v) is 3.30. The van der Waals surface area contributed by atoms with E-state index in [1.807, 2.05) is 12.1 Å². The highest BCUT2D eigenvalue weighted by Gasteiger charge is 2.20. The number of likely N-dealkylation sites (tertiary alicyclic amines) is 1. The van der Waals surface area contributed by atoms with E-state index < -0.39 is 0 Å². The lowest BCUT2D eigenvalue weighted by atomic mass is 10.0. The Morgan fingerprint density at radius 3 is 2.64 bits per heavy atom. The summed E-state index contributed by atoms with van der Waals surface area (Å²) in [6.45, 7) is 4.88. The Balaban J connectivity index is 2.14. The van der Waals surface area contributed by atoms with Gasteiger partial charge in [-0.15, -0.1) is 0 Å². The second-order valence-electron chi connectivity index (χ2n) is 6.99. The van der Waals surface area contributed by atoms with Crippen LogP contribution < -0.4 is 15.2 Å². The van der Waals surface area contributed by atoms with E-state index in [0.717, 1.165) is 30.2 Å². The first kappa shape index (κ1) is 19.4. The molecular formula is C19H32N4O2. The van der Waals surface area contributed by atoms with Crippen molar-refractivity contribution < 1.29 is 9.47 Å². The van der Waals surface area contributed by atoms with E-state index >= 15 is 0 Å². The third-order valence-electron chi connectivity index (χ3n) is 4.82. The molecule has 6 nitrogen and oxygen atoms in total. The number of rotatable bonds is 6.